The lowest BCUT2D eigenvalue weighted by Crippen LogP contribution is -2.38. The van der Waals surface area contributed by atoms with Crippen LogP contribution in [0.4, 0.5) is 11.4 Å². The molecule has 0 saturated heterocycles. The van der Waals surface area contributed by atoms with Crippen molar-refractivity contribution in [3.63, 3.8) is 0 Å². The number of hydrogen-bond acceptors (Lipinski definition) is 6. The molecule has 0 fully saturated rings. The molecule has 10 heteroatoms. The molecular formula is C22H29N3O6S. The number of ether oxygens (including phenoxy) is 2. The van der Waals surface area contributed by atoms with Gasteiger partial charge in [0, 0.05) is 12.1 Å². The summed E-state index contributed by atoms with van der Waals surface area (Å²) >= 11 is 0. The highest BCUT2D eigenvalue weighted by molar-refractivity contribution is 7.92. The second-order valence-electron chi connectivity index (χ2n) is 7.19. The maximum Gasteiger partial charge on any atom is 0.253 e. The van der Waals surface area contributed by atoms with E-state index in [1.807, 2.05) is 13.8 Å². The van der Waals surface area contributed by atoms with Gasteiger partial charge in [0.15, 0.2) is 11.5 Å². The molecule has 0 aliphatic heterocycles. The Balaban J connectivity index is 2.28. The number of carbonyl (C=O) groups is 2. The number of methoxy groups -OCH3 is 2. The van der Waals surface area contributed by atoms with E-state index in [4.69, 9.17) is 9.47 Å². The standard InChI is InChI=1S/C22H29N3O6S/c1-6-15(2)23-22(27)17-9-7-8-10-18(17)24-21(26)14-25(32(5,28)29)16-11-12-19(30-3)20(13-16)31-4/h7-13,15H,6,14H2,1-5H3,(H,23,27)(H,24,26)/t15-/m0/s1. The predicted molar refractivity (Wildman–Crippen MR) is 124 cm³/mol. The van der Waals surface area contributed by atoms with Crippen LogP contribution in [0.2, 0.25) is 0 Å². The molecule has 0 bridgehead atoms. The molecule has 9 nitrogen and oxygen atoms in total. The van der Waals surface area contributed by atoms with Gasteiger partial charge in [-0.05, 0) is 37.6 Å². The molecule has 0 aliphatic rings. The van der Waals surface area contributed by atoms with E-state index < -0.39 is 22.5 Å². The average Bonchev–Trinajstić information content (AvgIpc) is 2.76. The van der Waals surface area contributed by atoms with Crippen LogP contribution in [-0.2, 0) is 14.8 Å². The summed E-state index contributed by atoms with van der Waals surface area (Å²) in [5, 5.41) is 5.50. The Morgan fingerprint density at radius 1 is 1.06 bits per heavy atom. The van der Waals surface area contributed by atoms with Crippen LogP contribution in [0.25, 0.3) is 0 Å². The predicted octanol–water partition coefficient (Wildman–Crippen LogP) is 2.64. The number of carbonyl (C=O) groups excluding carboxylic acids is 2. The van der Waals surface area contributed by atoms with Crippen LogP contribution < -0.4 is 24.4 Å². The lowest BCUT2D eigenvalue weighted by Gasteiger charge is -2.23. The molecule has 2 amide bonds. The van der Waals surface area contributed by atoms with Crippen molar-refractivity contribution in [1.82, 2.24) is 5.32 Å². The van der Waals surface area contributed by atoms with Crippen LogP contribution in [0.5, 0.6) is 11.5 Å². The number of anilines is 2. The van der Waals surface area contributed by atoms with Gasteiger partial charge in [0.25, 0.3) is 5.91 Å². The average molecular weight is 464 g/mol. The molecule has 2 aromatic rings. The Morgan fingerprint density at radius 2 is 1.72 bits per heavy atom. The summed E-state index contributed by atoms with van der Waals surface area (Å²) in [5.74, 6) is -0.175. The van der Waals surface area contributed by atoms with Gasteiger partial charge in [-0.25, -0.2) is 8.42 Å². The first-order valence-electron chi connectivity index (χ1n) is 10.00. The van der Waals surface area contributed by atoms with Crippen molar-refractivity contribution in [2.45, 2.75) is 26.3 Å². The minimum Gasteiger partial charge on any atom is -0.493 e. The van der Waals surface area contributed by atoms with E-state index >= 15 is 0 Å². The summed E-state index contributed by atoms with van der Waals surface area (Å²) in [6, 6.07) is 11.1. The largest absolute Gasteiger partial charge is 0.493 e. The summed E-state index contributed by atoms with van der Waals surface area (Å²) in [4.78, 5) is 25.3. The lowest BCUT2D eigenvalue weighted by molar-refractivity contribution is -0.114. The summed E-state index contributed by atoms with van der Waals surface area (Å²) < 4.78 is 36.2. The van der Waals surface area contributed by atoms with E-state index in [9.17, 15) is 18.0 Å². The number of nitrogens with one attached hydrogen (secondary N) is 2. The Morgan fingerprint density at radius 3 is 2.31 bits per heavy atom. The third-order valence-electron chi connectivity index (χ3n) is 4.78. The van der Waals surface area contributed by atoms with Crippen molar-refractivity contribution in [1.29, 1.82) is 0 Å². The molecule has 2 N–H and O–H groups in total. The minimum atomic E-state index is -3.80. The number of hydrogen-bond donors (Lipinski definition) is 2. The Bertz CT molecular complexity index is 1070. The van der Waals surface area contributed by atoms with Gasteiger partial charge in [-0.3, -0.25) is 13.9 Å². The molecule has 32 heavy (non-hydrogen) atoms. The molecule has 1 atom stereocenters. The van der Waals surface area contributed by atoms with Crippen molar-refractivity contribution < 1.29 is 27.5 Å². The summed E-state index contributed by atoms with van der Waals surface area (Å²) in [5.41, 5.74) is 0.820. The molecular weight excluding hydrogens is 434 g/mol. The molecule has 2 rings (SSSR count). The SMILES string of the molecule is CC[C@H](C)NC(=O)c1ccccc1NC(=O)CN(c1ccc(OC)c(OC)c1)S(C)(=O)=O. The van der Waals surface area contributed by atoms with Crippen LogP contribution in [0.3, 0.4) is 0 Å². The zero-order valence-corrected chi connectivity index (χ0v) is 19.7. The van der Waals surface area contributed by atoms with Crippen LogP contribution in [0.1, 0.15) is 30.6 Å². The minimum absolute atomic E-state index is 0.0305. The van der Waals surface area contributed by atoms with Gasteiger partial charge in [-0.15, -0.1) is 0 Å². The molecule has 174 valence electrons. The topological polar surface area (TPSA) is 114 Å². The molecule has 0 saturated carbocycles. The van der Waals surface area contributed by atoms with Gasteiger partial charge in [0.05, 0.1) is 37.4 Å². The fraction of sp³-hybridized carbons (Fsp3) is 0.364. The fourth-order valence-corrected chi connectivity index (χ4v) is 3.74. The highest BCUT2D eigenvalue weighted by Crippen LogP contribution is 2.32. The number of benzene rings is 2. The zero-order valence-electron chi connectivity index (χ0n) is 18.8. The number of amides is 2. The van der Waals surface area contributed by atoms with Crippen LogP contribution in [0, 0.1) is 0 Å². The Kier molecular flexibility index (Phi) is 8.48. The first kappa shape index (κ1) is 25.0. The molecule has 0 radical (unpaired) electrons. The first-order chi connectivity index (χ1) is 15.1. The van der Waals surface area contributed by atoms with Crippen LogP contribution in [0.15, 0.2) is 42.5 Å². The molecule has 0 unspecified atom stereocenters. The molecule has 0 aliphatic carbocycles. The second-order valence-corrected chi connectivity index (χ2v) is 9.09. The Labute approximate surface area is 188 Å². The third-order valence-corrected chi connectivity index (χ3v) is 5.92. The number of rotatable bonds is 10. The van der Waals surface area contributed by atoms with Crippen molar-refractivity contribution in [3.8, 4) is 11.5 Å². The summed E-state index contributed by atoms with van der Waals surface area (Å²) in [7, 11) is -0.901. The third kappa shape index (κ3) is 6.36. The molecule has 0 heterocycles. The first-order valence-corrected chi connectivity index (χ1v) is 11.8. The monoisotopic (exact) mass is 463 g/mol. The van der Waals surface area contributed by atoms with E-state index in [-0.39, 0.29) is 23.2 Å². The van der Waals surface area contributed by atoms with Crippen molar-refractivity contribution in [3.05, 3.63) is 48.0 Å². The molecule has 0 spiro atoms. The van der Waals surface area contributed by atoms with E-state index in [0.29, 0.717) is 17.2 Å². The van der Waals surface area contributed by atoms with Gasteiger partial charge in [-0.2, -0.15) is 0 Å². The van der Waals surface area contributed by atoms with E-state index in [2.05, 4.69) is 10.6 Å². The van der Waals surface area contributed by atoms with Crippen molar-refractivity contribution in [2.24, 2.45) is 0 Å². The van der Waals surface area contributed by atoms with Gasteiger partial charge in [0.1, 0.15) is 6.54 Å². The summed E-state index contributed by atoms with van der Waals surface area (Å²) in [6.45, 7) is 3.34. The van der Waals surface area contributed by atoms with E-state index in [1.165, 1.54) is 26.4 Å². The van der Waals surface area contributed by atoms with Crippen LogP contribution >= 0.6 is 0 Å². The lowest BCUT2D eigenvalue weighted by atomic mass is 10.1. The van der Waals surface area contributed by atoms with Gasteiger partial charge in [-0.1, -0.05) is 19.1 Å². The number of nitrogens with zero attached hydrogens (tertiary/aromatic N) is 1. The van der Waals surface area contributed by atoms with Crippen molar-refractivity contribution >= 4 is 33.2 Å². The fourth-order valence-electron chi connectivity index (χ4n) is 2.89. The quantitative estimate of drug-likeness (QED) is 0.560. The van der Waals surface area contributed by atoms with E-state index in [0.717, 1.165) is 17.0 Å². The van der Waals surface area contributed by atoms with Gasteiger partial charge >= 0.3 is 0 Å². The smallest absolute Gasteiger partial charge is 0.253 e. The number of para-hydroxylation sites is 1. The second kappa shape index (κ2) is 10.9. The van der Waals surface area contributed by atoms with Crippen LogP contribution in [-0.4, -0.2) is 53.3 Å². The van der Waals surface area contributed by atoms with Gasteiger partial charge < -0.3 is 20.1 Å². The van der Waals surface area contributed by atoms with E-state index in [1.54, 1.807) is 30.3 Å². The highest BCUT2D eigenvalue weighted by atomic mass is 32.2. The summed E-state index contributed by atoms with van der Waals surface area (Å²) in [6.07, 6.45) is 1.76. The normalized spacial score (nSPS) is 11.9. The molecule has 2 aromatic carbocycles. The van der Waals surface area contributed by atoms with Crippen molar-refractivity contribution in [2.75, 3.05) is 36.6 Å². The maximum absolute atomic E-state index is 12.8. The number of sulfonamides is 1. The Hall–Kier alpha value is -3.27. The van der Waals surface area contributed by atoms with Gasteiger partial charge in [0.2, 0.25) is 15.9 Å². The molecule has 0 aromatic heterocycles. The zero-order chi connectivity index (χ0) is 23.9. The maximum atomic E-state index is 12.8. The highest BCUT2D eigenvalue weighted by Gasteiger charge is 2.23.